The molecule has 3 rings (SSSR count). The molecule has 5 heteroatoms. The van der Waals surface area contributed by atoms with Crippen molar-refractivity contribution < 1.29 is 9.47 Å². The Morgan fingerprint density at radius 2 is 1.96 bits per heavy atom. The third kappa shape index (κ3) is 3.58. The van der Waals surface area contributed by atoms with Gasteiger partial charge in [0.15, 0.2) is 0 Å². The summed E-state index contributed by atoms with van der Waals surface area (Å²) in [5, 5.41) is 0. The quantitative estimate of drug-likeness (QED) is 0.787. The highest BCUT2D eigenvalue weighted by atomic mass is 16.5. The van der Waals surface area contributed by atoms with Crippen molar-refractivity contribution >= 4 is 0 Å². The lowest BCUT2D eigenvalue weighted by Gasteiger charge is -2.11. The maximum absolute atomic E-state index is 11.0. The number of rotatable bonds is 5. The Morgan fingerprint density at radius 3 is 2.74 bits per heavy atom. The van der Waals surface area contributed by atoms with Crippen molar-refractivity contribution in [2.75, 3.05) is 7.11 Å². The molecule has 0 saturated carbocycles. The molecule has 1 N–H and O–H groups in total. The first-order chi connectivity index (χ1) is 11.3. The first kappa shape index (κ1) is 14.8. The van der Waals surface area contributed by atoms with Crippen LogP contribution in [0.25, 0.3) is 11.1 Å². The lowest BCUT2D eigenvalue weighted by molar-refractivity contribution is 0.297. The normalized spacial score (nSPS) is 10.3. The van der Waals surface area contributed by atoms with Crippen LogP contribution in [0.1, 0.15) is 5.56 Å². The fraction of sp³-hybridized carbons (Fsp3) is 0.111. The van der Waals surface area contributed by atoms with Crippen LogP contribution < -0.4 is 15.2 Å². The second kappa shape index (κ2) is 6.79. The zero-order valence-corrected chi connectivity index (χ0v) is 12.7. The van der Waals surface area contributed by atoms with Gasteiger partial charge in [0, 0.05) is 23.5 Å². The van der Waals surface area contributed by atoms with Gasteiger partial charge in [-0.3, -0.25) is 0 Å². The van der Waals surface area contributed by atoms with E-state index in [0.29, 0.717) is 6.61 Å². The average Bonchev–Trinajstić information content (AvgIpc) is 2.61. The maximum atomic E-state index is 11.0. The van der Waals surface area contributed by atoms with Gasteiger partial charge in [-0.2, -0.15) is 0 Å². The summed E-state index contributed by atoms with van der Waals surface area (Å²) >= 11 is 0. The van der Waals surface area contributed by atoms with Crippen molar-refractivity contribution in [2.45, 2.75) is 6.61 Å². The third-order valence-electron chi connectivity index (χ3n) is 3.43. The van der Waals surface area contributed by atoms with Gasteiger partial charge in [-0.25, -0.2) is 9.78 Å². The molecule has 0 amide bonds. The number of aromatic nitrogens is 2. The summed E-state index contributed by atoms with van der Waals surface area (Å²) in [6, 6.07) is 15.4. The summed E-state index contributed by atoms with van der Waals surface area (Å²) in [5.74, 6) is 1.54. The standard InChI is InChI=1S/C18H16N2O3/c1-22-17-8-3-2-5-14(17)12-23-16-7-4-6-13(9-16)15-10-19-18(21)20-11-15/h2-11H,12H2,1H3,(H,19,20,21). The second-order valence-electron chi connectivity index (χ2n) is 4.94. The Hall–Kier alpha value is -3.08. The van der Waals surface area contributed by atoms with E-state index in [1.54, 1.807) is 13.3 Å². The van der Waals surface area contributed by atoms with Crippen molar-refractivity contribution in [3.8, 4) is 22.6 Å². The predicted molar refractivity (Wildman–Crippen MR) is 87.6 cm³/mol. The molecule has 2 aromatic carbocycles. The zero-order valence-electron chi connectivity index (χ0n) is 12.7. The lowest BCUT2D eigenvalue weighted by atomic mass is 10.1. The van der Waals surface area contributed by atoms with Crippen LogP contribution in [0, 0.1) is 0 Å². The Balaban J connectivity index is 1.78. The van der Waals surface area contributed by atoms with Crippen molar-refractivity contribution in [1.82, 2.24) is 9.97 Å². The van der Waals surface area contributed by atoms with Gasteiger partial charge in [-0.15, -0.1) is 0 Å². The number of nitrogens with zero attached hydrogens (tertiary/aromatic N) is 1. The van der Waals surface area contributed by atoms with Gasteiger partial charge in [-0.05, 0) is 23.8 Å². The summed E-state index contributed by atoms with van der Waals surface area (Å²) in [6.45, 7) is 0.414. The molecule has 0 unspecified atom stereocenters. The number of hydrogen-bond donors (Lipinski definition) is 1. The fourth-order valence-corrected chi connectivity index (χ4v) is 2.25. The van der Waals surface area contributed by atoms with Gasteiger partial charge in [0.1, 0.15) is 18.1 Å². The van der Waals surface area contributed by atoms with Crippen LogP contribution in [0.2, 0.25) is 0 Å². The number of aromatic amines is 1. The van der Waals surface area contributed by atoms with Crippen LogP contribution in [0.4, 0.5) is 0 Å². The summed E-state index contributed by atoms with van der Waals surface area (Å²) in [6.07, 6.45) is 3.17. The molecule has 0 radical (unpaired) electrons. The maximum Gasteiger partial charge on any atom is 0.344 e. The molecule has 1 aromatic heterocycles. The molecule has 1 heterocycles. The highest BCUT2D eigenvalue weighted by Gasteiger charge is 2.04. The molecule has 5 nitrogen and oxygen atoms in total. The van der Waals surface area contributed by atoms with E-state index in [0.717, 1.165) is 28.2 Å². The minimum Gasteiger partial charge on any atom is -0.496 e. The molecule has 23 heavy (non-hydrogen) atoms. The van der Waals surface area contributed by atoms with E-state index < -0.39 is 0 Å². The minimum absolute atomic E-state index is 0.364. The van der Waals surface area contributed by atoms with Crippen molar-refractivity contribution in [1.29, 1.82) is 0 Å². The molecule has 0 fully saturated rings. The molecule has 0 aliphatic carbocycles. The molecular weight excluding hydrogens is 292 g/mol. The highest BCUT2D eigenvalue weighted by molar-refractivity contribution is 5.63. The number of para-hydroxylation sites is 1. The topological polar surface area (TPSA) is 64.2 Å². The van der Waals surface area contributed by atoms with Gasteiger partial charge in [0.2, 0.25) is 0 Å². The Morgan fingerprint density at radius 1 is 1.09 bits per heavy atom. The molecular formula is C18H16N2O3. The Labute approximate surface area is 133 Å². The number of ether oxygens (including phenoxy) is 2. The predicted octanol–water partition coefficient (Wildman–Crippen LogP) is 3.02. The Kier molecular flexibility index (Phi) is 4.38. The number of nitrogens with one attached hydrogen (secondary N) is 1. The van der Waals surface area contributed by atoms with E-state index in [2.05, 4.69) is 9.97 Å². The molecule has 0 atom stereocenters. The van der Waals surface area contributed by atoms with Gasteiger partial charge in [0.05, 0.1) is 7.11 Å². The van der Waals surface area contributed by atoms with E-state index >= 15 is 0 Å². The molecule has 0 aliphatic heterocycles. The first-order valence-electron chi connectivity index (χ1n) is 7.16. The molecule has 0 bridgehead atoms. The summed E-state index contributed by atoms with van der Waals surface area (Å²) in [5.41, 5.74) is 2.36. The molecule has 0 aliphatic rings. The van der Waals surface area contributed by atoms with Gasteiger partial charge >= 0.3 is 5.69 Å². The third-order valence-corrected chi connectivity index (χ3v) is 3.43. The molecule has 0 spiro atoms. The van der Waals surface area contributed by atoms with E-state index in [1.807, 2.05) is 48.5 Å². The van der Waals surface area contributed by atoms with Crippen LogP contribution in [0.3, 0.4) is 0 Å². The number of methoxy groups -OCH3 is 1. The first-order valence-corrected chi connectivity index (χ1v) is 7.16. The Bertz CT molecular complexity index is 838. The van der Waals surface area contributed by atoms with E-state index in [4.69, 9.17) is 9.47 Å². The van der Waals surface area contributed by atoms with Crippen molar-refractivity contribution in [2.24, 2.45) is 0 Å². The molecule has 116 valence electrons. The number of H-pyrrole nitrogens is 1. The molecule has 3 aromatic rings. The largest absolute Gasteiger partial charge is 0.496 e. The second-order valence-corrected chi connectivity index (χ2v) is 4.94. The van der Waals surface area contributed by atoms with Gasteiger partial charge in [-0.1, -0.05) is 30.3 Å². The lowest BCUT2D eigenvalue weighted by Crippen LogP contribution is -2.07. The monoisotopic (exact) mass is 308 g/mol. The number of benzene rings is 2. The van der Waals surface area contributed by atoms with Gasteiger partial charge in [0.25, 0.3) is 0 Å². The fourth-order valence-electron chi connectivity index (χ4n) is 2.25. The van der Waals surface area contributed by atoms with Crippen LogP contribution in [0.5, 0.6) is 11.5 Å². The summed E-state index contributed by atoms with van der Waals surface area (Å²) in [7, 11) is 1.64. The summed E-state index contributed by atoms with van der Waals surface area (Å²) < 4.78 is 11.2. The van der Waals surface area contributed by atoms with Crippen LogP contribution >= 0.6 is 0 Å². The van der Waals surface area contributed by atoms with E-state index in [1.165, 1.54) is 6.20 Å². The van der Waals surface area contributed by atoms with E-state index in [-0.39, 0.29) is 5.69 Å². The SMILES string of the molecule is COc1ccccc1COc1cccc(-c2cnc(=O)[nH]c2)c1. The van der Waals surface area contributed by atoms with Crippen LogP contribution in [-0.2, 0) is 6.61 Å². The number of hydrogen-bond acceptors (Lipinski definition) is 4. The van der Waals surface area contributed by atoms with Crippen LogP contribution in [-0.4, -0.2) is 17.1 Å². The van der Waals surface area contributed by atoms with Crippen molar-refractivity contribution in [3.05, 3.63) is 77.0 Å². The van der Waals surface area contributed by atoms with Crippen molar-refractivity contribution in [3.63, 3.8) is 0 Å². The zero-order chi connectivity index (χ0) is 16.1. The molecule has 0 saturated heterocycles. The average molecular weight is 308 g/mol. The van der Waals surface area contributed by atoms with Gasteiger partial charge < -0.3 is 14.5 Å². The summed E-state index contributed by atoms with van der Waals surface area (Å²) in [4.78, 5) is 17.3. The minimum atomic E-state index is -0.364. The van der Waals surface area contributed by atoms with E-state index in [9.17, 15) is 4.79 Å². The van der Waals surface area contributed by atoms with Crippen LogP contribution in [0.15, 0.2) is 65.7 Å². The highest BCUT2D eigenvalue weighted by Crippen LogP contribution is 2.24. The smallest absolute Gasteiger partial charge is 0.344 e.